The highest BCUT2D eigenvalue weighted by molar-refractivity contribution is 7.92. The van der Waals surface area contributed by atoms with Crippen LogP contribution < -0.4 is 5.32 Å². The third-order valence-electron chi connectivity index (χ3n) is 3.09. The summed E-state index contributed by atoms with van der Waals surface area (Å²) in [6.07, 6.45) is -0.872. The molecular formula is C12H16FNO4S. The molecule has 7 heteroatoms. The molecule has 1 aromatic carbocycles. The number of aliphatic hydroxyl groups excluding tert-OH is 1. The van der Waals surface area contributed by atoms with E-state index in [-0.39, 0.29) is 24.7 Å². The Labute approximate surface area is 111 Å². The number of aliphatic hydroxyl groups is 1. The van der Waals surface area contributed by atoms with Crippen molar-refractivity contribution >= 4 is 9.84 Å². The first-order valence-electron chi connectivity index (χ1n) is 5.90. The van der Waals surface area contributed by atoms with Crippen molar-refractivity contribution in [3.63, 3.8) is 0 Å². The molecule has 1 aromatic rings. The Hall–Kier alpha value is -1.02. The number of likely N-dealkylation sites (N-methyl/N-ethyl adjacent to an activating group) is 1. The minimum Gasteiger partial charge on any atom is -0.387 e. The van der Waals surface area contributed by atoms with Crippen LogP contribution in [0, 0.1) is 5.82 Å². The fourth-order valence-corrected chi connectivity index (χ4v) is 3.34. The van der Waals surface area contributed by atoms with Crippen molar-refractivity contribution in [3.8, 4) is 0 Å². The maximum atomic E-state index is 13.9. The Bertz CT molecular complexity index is 557. The van der Waals surface area contributed by atoms with Gasteiger partial charge in [-0.05, 0) is 24.7 Å². The van der Waals surface area contributed by atoms with Crippen LogP contribution >= 0.6 is 0 Å². The van der Waals surface area contributed by atoms with Crippen LogP contribution in [0.1, 0.15) is 11.7 Å². The summed E-state index contributed by atoms with van der Waals surface area (Å²) in [5, 5.41) is 11.8. The molecule has 1 unspecified atom stereocenters. The molecule has 0 saturated carbocycles. The van der Waals surface area contributed by atoms with Gasteiger partial charge in [-0.2, -0.15) is 0 Å². The van der Waals surface area contributed by atoms with Gasteiger partial charge < -0.3 is 15.2 Å². The number of hydrogen-bond donors (Lipinski definition) is 2. The van der Waals surface area contributed by atoms with Crippen LogP contribution in [0.15, 0.2) is 23.1 Å². The lowest BCUT2D eigenvalue weighted by atomic mass is 10.1. The molecule has 1 aliphatic heterocycles. The molecule has 106 valence electrons. The number of hydrogen-bond acceptors (Lipinski definition) is 5. The van der Waals surface area contributed by atoms with Gasteiger partial charge in [-0.3, -0.25) is 0 Å². The SMILES string of the molecule is CNCC(O)c1ccc(S(=O)(=O)C2COC2)c(F)c1. The Morgan fingerprint density at radius 2 is 2.21 bits per heavy atom. The van der Waals surface area contributed by atoms with E-state index in [2.05, 4.69) is 5.32 Å². The summed E-state index contributed by atoms with van der Waals surface area (Å²) < 4.78 is 42.8. The first-order chi connectivity index (χ1) is 8.96. The number of benzene rings is 1. The topological polar surface area (TPSA) is 75.6 Å². The molecule has 1 fully saturated rings. The van der Waals surface area contributed by atoms with Crippen LogP contribution in [0.2, 0.25) is 0 Å². The largest absolute Gasteiger partial charge is 0.387 e. The third-order valence-corrected chi connectivity index (χ3v) is 5.18. The van der Waals surface area contributed by atoms with E-state index in [0.717, 1.165) is 6.07 Å². The second-order valence-electron chi connectivity index (χ2n) is 4.47. The van der Waals surface area contributed by atoms with E-state index < -0.39 is 27.0 Å². The molecule has 2 N–H and O–H groups in total. The first kappa shape index (κ1) is 14.4. The fourth-order valence-electron chi connectivity index (χ4n) is 1.84. The second-order valence-corrected chi connectivity index (χ2v) is 6.66. The maximum Gasteiger partial charge on any atom is 0.188 e. The van der Waals surface area contributed by atoms with Gasteiger partial charge >= 0.3 is 0 Å². The highest BCUT2D eigenvalue weighted by Crippen LogP contribution is 2.26. The van der Waals surface area contributed by atoms with Crippen molar-refractivity contribution in [2.45, 2.75) is 16.2 Å². The predicted octanol–water partition coefficient (Wildman–Crippen LogP) is 0.251. The van der Waals surface area contributed by atoms with Gasteiger partial charge in [0.25, 0.3) is 0 Å². The van der Waals surface area contributed by atoms with Gasteiger partial charge in [-0.25, -0.2) is 12.8 Å². The lowest BCUT2D eigenvalue weighted by molar-refractivity contribution is 0.0415. The Balaban J connectivity index is 2.29. The molecule has 0 spiro atoms. The molecule has 1 heterocycles. The van der Waals surface area contributed by atoms with Crippen LogP contribution in [0.4, 0.5) is 4.39 Å². The molecule has 19 heavy (non-hydrogen) atoms. The van der Waals surface area contributed by atoms with E-state index >= 15 is 0 Å². The molecule has 1 aliphatic rings. The first-order valence-corrected chi connectivity index (χ1v) is 7.45. The number of ether oxygens (including phenoxy) is 1. The van der Waals surface area contributed by atoms with Gasteiger partial charge in [0.15, 0.2) is 9.84 Å². The summed E-state index contributed by atoms with van der Waals surface area (Å²) >= 11 is 0. The average molecular weight is 289 g/mol. The molecule has 1 saturated heterocycles. The van der Waals surface area contributed by atoms with Crippen molar-refractivity contribution in [1.82, 2.24) is 5.32 Å². The predicted molar refractivity (Wildman–Crippen MR) is 67.1 cm³/mol. The summed E-state index contributed by atoms with van der Waals surface area (Å²) in [6.45, 7) is 0.472. The molecular weight excluding hydrogens is 273 g/mol. The van der Waals surface area contributed by atoms with E-state index in [1.165, 1.54) is 12.1 Å². The van der Waals surface area contributed by atoms with Crippen molar-refractivity contribution in [1.29, 1.82) is 0 Å². The highest BCUT2D eigenvalue weighted by Gasteiger charge is 2.35. The maximum absolute atomic E-state index is 13.9. The normalized spacial score (nSPS) is 18.1. The zero-order valence-electron chi connectivity index (χ0n) is 10.5. The lowest BCUT2D eigenvalue weighted by Gasteiger charge is -2.26. The smallest absolute Gasteiger partial charge is 0.188 e. The van der Waals surface area contributed by atoms with Crippen LogP contribution in [-0.2, 0) is 14.6 Å². The molecule has 0 radical (unpaired) electrons. The monoisotopic (exact) mass is 289 g/mol. The minimum absolute atomic E-state index is 0.103. The number of rotatable bonds is 5. The summed E-state index contributed by atoms with van der Waals surface area (Å²) in [5.74, 6) is -0.834. The highest BCUT2D eigenvalue weighted by atomic mass is 32.2. The Morgan fingerprint density at radius 1 is 1.53 bits per heavy atom. The van der Waals surface area contributed by atoms with Crippen LogP contribution in [-0.4, -0.2) is 45.6 Å². The van der Waals surface area contributed by atoms with Crippen LogP contribution in [0.5, 0.6) is 0 Å². The van der Waals surface area contributed by atoms with Gasteiger partial charge in [0.05, 0.1) is 19.3 Å². The number of sulfone groups is 1. The zero-order valence-corrected chi connectivity index (χ0v) is 11.3. The molecule has 0 bridgehead atoms. The van der Waals surface area contributed by atoms with Crippen molar-refractivity contribution in [2.24, 2.45) is 0 Å². The molecule has 0 aromatic heterocycles. The number of halogens is 1. The van der Waals surface area contributed by atoms with E-state index in [1.54, 1.807) is 7.05 Å². The molecule has 5 nitrogen and oxygen atoms in total. The lowest BCUT2D eigenvalue weighted by Crippen LogP contribution is -2.41. The third kappa shape index (κ3) is 2.79. The van der Waals surface area contributed by atoms with Crippen molar-refractivity contribution < 1.29 is 22.7 Å². The Morgan fingerprint density at radius 3 is 2.68 bits per heavy atom. The average Bonchev–Trinajstić information content (AvgIpc) is 2.25. The molecule has 0 aliphatic carbocycles. The van der Waals surface area contributed by atoms with E-state index in [9.17, 15) is 17.9 Å². The summed E-state index contributed by atoms with van der Waals surface area (Å²) in [7, 11) is -2.02. The standard InChI is InChI=1S/C12H16FNO4S/c1-14-5-11(15)8-2-3-12(10(13)4-8)19(16,17)9-6-18-7-9/h2-4,9,11,14-15H,5-7H2,1H3. The molecule has 2 rings (SSSR count). The van der Waals surface area contributed by atoms with Gasteiger partial charge in [-0.15, -0.1) is 0 Å². The number of nitrogens with one attached hydrogen (secondary N) is 1. The summed E-state index contributed by atoms with van der Waals surface area (Å²) in [5.41, 5.74) is 0.343. The van der Waals surface area contributed by atoms with Gasteiger partial charge in [0.1, 0.15) is 16.0 Å². The fraction of sp³-hybridized carbons (Fsp3) is 0.500. The summed E-state index contributed by atoms with van der Waals surface area (Å²) in [6, 6.07) is 3.70. The summed E-state index contributed by atoms with van der Waals surface area (Å²) in [4.78, 5) is -0.332. The van der Waals surface area contributed by atoms with Crippen LogP contribution in [0.25, 0.3) is 0 Å². The van der Waals surface area contributed by atoms with Gasteiger partial charge in [0, 0.05) is 6.54 Å². The van der Waals surface area contributed by atoms with Crippen molar-refractivity contribution in [3.05, 3.63) is 29.6 Å². The van der Waals surface area contributed by atoms with E-state index in [0.29, 0.717) is 5.56 Å². The second kappa shape index (κ2) is 5.54. The van der Waals surface area contributed by atoms with E-state index in [4.69, 9.17) is 4.74 Å². The van der Waals surface area contributed by atoms with Crippen LogP contribution in [0.3, 0.4) is 0 Å². The van der Waals surface area contributed by atoms with Gasteiger partial charge in [-0.1, -0.05) is 6.07 Å². The van der Waals surface area contributed by atoms with E-state index in [1.807, 2.05) is 0 Å². The van der Waals surface area contributed by atoms with Gasteiger partial charge in [0.2, 0.25) is 0 Å². The quantitative estimate of drug-likeness (QED) is 0.813. The Kier molecular flexibility index (Phi) is 4.19. The minimum atomic E-state index is -3.68. The molecule has 1 atom stereocenters. The molecule has 0 amide bonds. The van der Waals surface area contributed by atoms with Crippen molar-refractivity contribution in [2.75, 3.05) is 26.8 Å². The zero-order chi connectivity index (χ0) is 14.0.